The SMILES string of the molecule is CC(C)(C)c1ncc(C(=O)N2CCCC2C2NNCC2c2ccncc2)cn1. The van der Waals surface area contributed by atoms with Crippen molar-refractivity contribution in [3.05, 3.63) is 53.9 Å². The van der Waals surface area contributed by atoms with Crippen LogP contribution in [-0.2, 0) is 5.41 Å². The van der Waals surface area contributed by atoms with Crippen LogP contribution in [0.3, 0.4) is 0 Å². The summed E-state index contributed by atoms with van der Waals surface area (Å²) in [6, 6.07) is 4.44. The fourth-order valence-corrected chi connectivity index (χ4v) is 4.22. The quantitative estimate of drug-likeness (QED) is 0.848. The van der Waals surface area contributed by atoms with Crippen molar-refractivity contribution in [1.82, 2.24) is 30.7 Å². The van der Waals surface area contributed by atoms with Gasteiger partial charge in [0.25, 0.3) is 5.91 Å². The summed E-state index contributed by atoms with van der Waals surface area (Å²) in [5.74, 6) is 1.08. The third-order valence-corrected chi connectivity index (χ3v) is 5.70. The summed E-state index contributed by atoms with van der Waals surface area (Å²) < 4.78 is 0. The van der Waals surface area contributed by atoms with Crippen molar-refractivity contribution in [1.29, 1.82) is 0 Å². The molecule has 0 spiro atoms. The lowest BCUT2D eigenvalue weighted by molar-refractivity contribution is 0.0703. The van der Waals surface area contributed by atoms with Crippen molar-refractivity contribution in [3.63, 3.8) is 0 Å². The normalized spacial score (nSPS) is 25.2. The maximum absolute atomic E-state index is 13.2. The first-order valence-electron chi connectivity index (χ1n) is 9.97. The van der Waals surface area contributed by atoms with Crippen LogP contribution in [0.25, 0.3) is 0 Å². The van der Waals surface area contributed by atoms with E-state index < -0.39 is 0 Å². The van der Waals surface area contributed by atoms with Crippen LogP contribution in [0.2, 0.25) is 0 Å². The highest BCUT2D eigenvalue weighted by Crippen LogP contribution is 2.32. The van der Waals surface area contributed by atoms with Gasteiger partial charge >= 0.3 is 0 Å². The molecule has 0 radical (unpaired) electrons. The highest BCUT2D eigenvalue weighted by molar-refractivity contribution is 5.94. The molecule has 148 valence electrons. The summed E-state index contributed by atoms with van der Waals surface area (Å²) in [6.07, 6.45) is 9.01. The molecule has 7 heteroatoms. The number of hydrogen-bond acceptors (Lipinski definition) is 6. The van der Waals surface area contributed by atoms with Crippen LogP contribution in [-0.4, -0.2) is 50.9 Å². The first-order chi connectivity index (χ1) is 13.4. The Bertz CT molecular complexity index is 817. The van der Waals surface area contributed by atoms with Crippen LogP contribution in [0.4, 0.5) is 0 Å². The van der Waals surface area contributed by atoms with Crippen LogP contribution in [0, 0.1) is 0 Å². The van der Waals surface area contributed by atoms with Gasteiger partial charge in [-0.05, 0) is 30.5 Å². The number of amides is 1. The molecular weight excluding hydrogens is 352 g/mol. The first-order valence-corrected chi connectivity index (χ1v) is 9.97. The molecule has 0 aliphatic carbocycles. The van der Waals surface area contributed by atoms with E-state index in [4.69, 9.17) is 0 Å². The molecule has 2 aliphatic heterocycles. The number of carbonyl (C=O) groups is 1. The van der Waals surface area contributed by atoms with E-state index >= 15 is 0 Å². The average molecular weight is 380 g/mol. The summed E-state index contributed by atoms with van der Waals surface area (Å²) >= 11 is 0. The van der Waals surface area contributed by atoms with Gasteiger partial charge in [0.15, 0.2) is 0 Å². The molecule has 3 atom stereocenters. The smallest absolute Gasteiger partial charge is 0.257 e. The molecule has 0 aromatic carbocycles. The van der Waals surface area contributed by atoms with Crippen LogP contribution in [0.1, 0.15) is 61.3 Å². The maximum atomic E-state index is 13.2. The minimum atomic E-state index is -0.130. The number of likely N-dealkylation sites (tertiary alicyclic amines) is 1. The van der Waals surface area contributed by atoms with Crippen LogP contribution in [0.5, 0.6) is 0 Å². The highest BCUT2D eigenvalue weighted by atomic mass is 16.2. The zero-order valence-corrected chi connectivity index (χ0v) is 16.7. The lowest BCUT2D eigenvalue weighted by atomic mass is 9.88. The van der Waals surface area contributed by atoms with Gasteiger partial charge in [-0.25, -0.2) is 9.97 Å². The van der Waals surface area contributed by atoms with E-state index in [0.29, 0.717) is 11.5 Å². The van der Waals surface area contributed by atoms with Gasteiger partial charge in [0.2, 0.25) is 0 Å². The summed E-state index contributed by atoms with van der Waals surface area (Å²) in [5, 5.41) is 0. The van der Waals surface area contributed by atoms with E-state index in [2.05, 4.69) is 58.7 Å². The maximum Gasteiger partial charge on any atom is 0.257 e. The molecule has 3 unspecified atom stereocenters. The molecule has 1 amide bonds. The largest absolute Gasteiger partial charge is 0.334 e. The molecule has 2 N–H and O–H groups in total. The fourth-order valence-electron chi connectivity index (χ4n) is 4.22. The van der Waals surface area contributed by atoms with Crippen molar-refractivity contribution >= 4 is 5.91 Å². The second-order valence-electron chi connectivity index (χ2n) is 8.69. The Labute approximate surface area is 166 Å². The summed E-state index contributed by atoms with van der Waals surface area (Å²) in [6.45, 7) is 7.82. The second-order valence-corrected chi connectivity index (χ2v) is 8.69. The second kappa shape index (κ2) is 7.56. The topological polar surface area (TPSA) is 83.0 Å². The summed E-state index contributed by atoms with van der Waals surface area (Å²) in [4.78, 5) is 28.2. The van der Waals surface area contributed by atoms with Gasteiger partial charge in [-0.15, -0.1) is 0 Å². The van der Waals surface area contributed by atoms with Crippen molar-refractivity contribution < 1.29 is 4.79 Å². The lowest BCUT2D eigenvalue weighted by Gasteiger charge is -2.32. The van der Waals surface area contributed by atoms with Gasteiger partial charge in [0.05, 0.1) is 5.56 Å². The standard InChI is InChI=1S/C21H28N6O/c1-21(2,3)20-23-11-15(12-24-20)19(28)27-10-4-5-17(27)18-16(13-25-26-18)14-6-8-22-9-7-14/h6-9,11-12,16-18,25-26H,4-5,10,13H2,1-3H3. The van der Waals surface area contributed by atoms with Crippen molar-refractivity contribution in [2.75, 3.05) is 13.1 Å². The van der Waals surface area contributed by atoms with Crippen LogP contribution >= 0.6 is 0 Å². The lowest BCUT2D eigenvalue weighted by Crippen LogP contribution is -2.49. The Morgan fingerprint density at radius 3 is 2.57 bits per heavy atom. The zero-order chi connectivity index (χ0) is 19.7. The molecular formula is C21H28N6O. The van der Waals surface area contributed by atoms with Crippen molar-refractivity contribution in [2.24, 2.45) is 0 Å². The third kappa shape index (κ3) is 3.64. The van der Waals surface area contributed by atoms with Gasteiger partial charge in [-0.1, -0.05) is 20.8 Å². The zero-order valence-electron chi connectivity index (χ0n) is 16.7. The van der Waals surface area contributed by atoms with Crippen molar-refractivity contribution in [3.8, 4) is 0 Å². The Hall–Kier alpha value is -2.38. The van der Waals surface area contributed by atoms with Gasteiger partial charge < -0.3 is 4.90 Å². The number of nitrogens with one attached hydrogen (secondary N) is 2. The molecule has 0 bridgehead atoms. The number of rotatable bonds is 3. The van der Waals surface area contributed by atoms with E-state index in [1.54, 1.807) is 12.4 Å². The number of carbonyl (C=O) groups excluding carboxylic acids is 1. The molecule has 7 nitrogen and oxygen atoms in total. The van der Waals surface area contributed by atoms with E-state index in [0.717, 1.165) is 31.8 Å². The van der Waals surface area contributed by atoms with E-state index in [9.17, 15) is 4.79 Å². The molecule has 2 aromatic heterocycles. The summed E-state index contributed by atoms with van der Waals surface area (Å²) in [5.41, 5.74) is 8.38. The Morgan fingerprint density at radius 2 is 1.89 bits per heavy atom. The number of pyridine rings is 1. The number of aromatic nitrogens is 3. The molecule has 2 aromatic rings. The van der Waals surface area contributed by atoms with E-state index in [1.807, 2.05) is 17.3 Å². The molecule has 4 rings (SSSR count). The molecule has 28 heavy (non-hydrogen) atoms. The Balaban J connectivity index is 1.54. The number of hydrazine groups is 1. The van der Waals surface area contributed by atoms with Crippen molar-refractivity contribution in [2.45, 2.75) is 57.0 Å². The van der Waals surface area contributed by atoms with Gasteiger partial charge in [0, 0.05) is 61.3 Å². The minimum absolute atomic E-state index is 0.0186. The molecule has 2 saturated heterocycles. The van der Waals surface area contributed by atoms with Gasteiger partial charge in [-0.3, -0.25) is 20.6 Å². The van der Waals surface area contributed by atoms with Crippen LogP contribution in [0.15, 0.2) is 36.9 Å². The Kier molecular flexibility index (Phi) is 5.12. The van der Waals surface area contributed by atoms with Gasteiger partial charge in [0.1, 0.15) is 5.82 Å². The minimum Gasteiger partial charge on any atom is -0.334 e. The molecule has 2 aliphatic rings. The predicted octanol–water partition coefficient (Wildman–Crippen LogP) is 2.03. The van der Waals surface area contributed by atoms with E-state index in [-0.39, 0.29) is 23.4 Å². The highest BCUT2D eigenvalue weighted by Gasteiger charge is 2.41. The van der Waals surface area contributed by atoms with Crippen LogP contribution < -0.4 is 10.9 Å². The number of hydrogen-bond donors (Lipinski definition) is 2. The Morgan fingerprint density at radius 1 is 1.18 bits per heavy atom. The third-order valence-electron chi connectivity index (χ3n) is 5.70. The predicted molar refractivity (Wildman–Crippen MR) is 107 cm³/mol. The molecule has 4 heterocycles. The average Bonchev–Trinajstić information content (AvgIpc) is 3.36. The number of nitrogens with zero attached hydrogens (tertiary/aromatic N) is 4. The first kappa shape index (κ1) is 19.0. The molecule has 0 saturated carbocycles. The monoisotopic (exact) mass is 380 g/mol. The van der Waals surface area contributed by atoms with E-state index in [1.165, 1.54) is 5.56 Å². The van der Waals surface area contributed by atoms with Gasteiger partial charge in [-0.2, -0.15) is 0 Å². The summed E-state index contributed by atoms with van der Waals surface area (Å²) in [7, 11) is 0. The fraction of sp³-hybridized carbons (Fsp3) is 0.524. The molecule has 2 fully saturated rings.